The molecule has 5 rings (SSSR count). The van der Waals surface area contributed by atoms with Crippen LogP contribution in [0.2, 0.25) is 5.02 Å². The van der Waals surface area contributed by atoms with Gasteiger partial charge in [0.1, 0.15) is 35.0 Å². The minimum Gasteiger partial charge on any atom is -0.497 e. The Morgan fingerprint density at radius 2 is 1.42 bits per heavy atom. The van der Waals surface area contributed by atoms with Crippen molar-refractivity contribution in [2.45, 2.75) is 18.8 Å². The molecule has 5 aromatic rings. The number of aliphatic hydroxyl groups excluding tert-OH is 1. The fourth-order valence-corrected chi connectivity index (χ4v) is 4.88. The van der Waals surface area contributed by atoms with Crippen molar-refractivity contribution in [1.29, 1.82) is 0 Å². The van der Waals surface area contributed by atoms with E-state index in [1.165, 1.54) is 0 Å². The van der Waals surface area contributed by atoms with Gasteiger partial charge < -0.3 is 23.9 Å². The van der Waals surface area contributed by atoms with Gasteiger partial charge in [0.15, 0.2) is 5.65 Å². The predicted octanol–water partition coefficient (Wildman–Crippen LogP) is 5.60. The molecule has 0 amide bonds. The summed E-state index contributed by atoms with van der Waals surface area (Å²) in [6.07, 6.45) is 1.58. The first kappa shape index (κ1) is 25.7. The first-order chi connectivity index (χ1) is 18.6. The minimum absolute atomic E-state index is 0.0659. The summed E-state index contributed by atoms with van der Waals surface area (Å²) in [5, 5.41) is 10.3. The van der Waals surface area contributed by atoms with Gasteiger partial charge in [0.2, 0.25) is 0 Å². The Morgan fingerprint density at radius 3 is 1.97 bits per heavy atom. The minimum atomic E-state index is -0.993. The van der Waals surface area contributed by atoms with Gasteiger partial charge >= 0.3 is 0 Å². The van der Waals surface area contributed by atoms with Crippen molar-refractivity contribution in [2.24, 2.45) is 0 Å². The number of fused-ring (bicyclic) bond motifs is 1. The maximum Gasteiger partial charge on any atom is 0.160 e. The molecule has 0 radical (unpaired) electrons. The number of benzene rings is 3. The number of rotatable bonds is 10. The zero-order valence-electron chi connectivity index (χ0n) is 21.2. The first-order valence-electron chi connectivity index (χ1n) is 12.2. The third kappa shape index (κ3) is 4.84. The van der Waals surface area contributed by atoms with Crippen LogP contribution in [0, 0.1) is 0 Å². The summed E-state index contributed by atoms with van der Waals surface area (Å²) in [6, 6.07) is 27.6. The number of methoxy groups -OCH3 is 2. The fourth-order valence-electron chi connectivity index (χ4n) is 4.73. The molecule has 3 aromatic carbocycles. The molecule has 0 aliphatic rings. The van der Waals surface area contributed by atoms with Gasteiger partial charge in [-0.15, -0.1) is 0 Å². The molecule has 0 spiro atoms. The van der Waals surface area contributed by atoms with E-state index in [-0.39, 0.29) is 13.2 Å². The number of hydrogen-bond acceptors (Lipinski definition) is 6. The van der Waals surface area contributed by atoms with E-state index in [9.17, 15) is 5.11 Å². The number of halogens is 1. The molecule has 0 aliphatic heterocycles. The molecule has 7 nitrogen and oxygen atoms in total. The van der Waals surface area contributed by atoms with Crippen molar-refractivity contribution in [3.8, 4) is 11.5 Å². The topological polar surface area (TPSA) is 78.6 Å². The molecule has 0 aliphatic carbocycles. The van der Waals surface area contributed by atoms with Crippen LogP contribution in [0.1, 0.15) is 22.5 Å². The van der Waals surface area contributed by atoms with Gasteiger partial charge in [-0.3, -0.25) is 0 Å². The Kier molecular flexibility index (Phi) is 7.60. The predicted molar refractivity (Wildman–Crippen MR) is 147 cm³/mol. The summed E-state index contributed by atoms with van der Waals surface area (Å²) >= 11 is 6.18. The van der Waals surface area contributed by atoms with Gasteiger partial charge in [-0.2, -0.15) is 0 Å². The molecule has 2 aromatic heterocycles. The molecule has 194 valence electrons. The number of aromatic nitrogens is 3. The zero-order chi connectivity index (χ0) is 26.5. The second-order valence-corrected chi connectivity index (χ2v) is 9.13. The van der Waals surface area contributed by atoms with E-state index >= 15 is 0 Å². The summed E-state index contributed by atoms with van der Waals surface area (Å²) < 4.78 is 19.7. The van der Waals surface area contributed by atoms with E-state index in [1.54, 1.807) is 26.5 Å². The highest BCUT2D eigenvalue weighted by atomic mass is 35.5. The van der Waals surface area contributed by atoms with E-state index in [0.29, 0.717) is 28.6 Å². The van der Waals surface area contributed by atoms with Crippen LogP contribution in [0.5, 0.6) is 11.5 Å². The average Bonchev–Trinajstić information content (AvgIpc) is 3.31. The summed E-state index contributed by atoms with van der Waals surface area (Å²) in [5.41, 5.74) is 3.07. The molecule has 0 bridgehead atoms. The van der Waals surface area contributed by atoms with Crippen LogP contribution in [0.4, 0.5) is 0 Å². The van der Waals surface area contributed by atoms with Gasteiger partial charge in [-0.1, -0.05) is 66.2 Å². The van der Waals surface area contributed by atoms with Crippen LogP contribution >= 0.6 is 11.6 Å². The third-order valence-electron chi connectivity index (χ3n) is 6.55. The summed E-state index contributed by atoms with van der Waals surface area (Å²) in [6.45, 7) is 0.401. The molecule has 1 N–H and O–H groups in total. The second-order valence-electron chi connectivity index (χ2n) is 8.69. The zero-order valence-corrected chi connectivity index (χ0v) is 21.9. The van der Waals surface area contributed by atoms with Crippen molar-refractivity contribution >= 4 is 22.8 Å². The lowest BCUT2D eigenvalue weighted by atomic mass is 9.80. The number of nitrogens with zero attached hydrogens (tertiary/aromatic N) is 3. The third-order valence-corrected chi connectivity index (χ3v) is 6.75. The van der Waals surface area contributed by atoms with Crippen molar-refractivity contribution in [3.63, 3.8) is 0 Å². The SMILES string of the molecule is COc1ccc(C(OCc2nc3cc(Cl)cnc3n2CCO)(c2ccccc2)c2ccc(OC)cc2)cc1. The highest BCUT2D eigenvalue weighted by Crippen LogP contribution is 2.42. The van der Waals surface area contributed by atoms with E-state index in [2.05, 4.69) is 4.98 Å². The summed E-state index contributed by atoms with van der Waals surface area (Å²) in [4.78, 5) is 9.22. The van der Waals surface area contributed by atoms with Crippen LogP contribution in [-0.4, -0.2) is 40.5 Å². The van der Waals surface area contributed by atoms with Crippen LogP contribution in [0.15, 0.2) is 91.1 Å². The molecule has 38 heavy (non-hydrogen) atoms. The highest BCUT2D eigenvalue weighted by molar-refractivity contribution is 6.31. The van der Waals surface area contributed by atoms with Crippen molar-refractivity contribution in [3.05, 3.63) is 119 Å². The molecule has 0 saturated carbocycles. The van der Waals surface area contributed by atoms with Crippen molar-refractivity contribution in [2.75, 3.05) is 20.8 Å². The molecular weight excluding hydrogens is 502 g/mol. The van der Waals surface area contributed by atoms with E-state index < -0.39 is 5.60 Å². The van der Waals surface area contributed by atoms with E-state index in [0.717, 1.165) is 28.2 Å². The maximum absolute atomic E-state index is 9.77. The smallest absolute Gasteiger partial charge is 0.160 e. The summed E-state index contributed by atoms with van der Waals surface area (Å²) in [7, 11) is 3.29. The Balaban J connectivity index is 1.68. The largest absolute Gasteiger partial charge is 0.497 e. The highest BCUT2D eigenvalue weighted by Gasteiger charge is 2.38. The normalized spacial score (nSPS) is 11.6. The Bertz CT molecular complexity index is 1460. The van der Waals surface area contributed by atoms with Crippen molar-refractivity contribution in [1.82, 2.24) is 14.5 Å². The number of pyridine rings is 1. The van der Waals surface area contributed by atoms with Gasteiger partial charge in [0.25, 0.3) is 0 Å². The lowest BCUT2D eigenvalue weighted by molar-refractivity contribution is -0.00458. The lowest BCUT2D eigenvalue weighted by Crippen LogP contribution is -2.33. The molecule has 0 fully saturated rings. The van der Waals surface area contributed by atoms with Gasteiger partial charge in [0, 0.05) is 12.7 Å². The van der Waals surface area contributed by atoms with Gasteiger partial charge in [-0.25, -0.2) is 9.97 Å². The van der Waals surface area contributed by atoms with Crippen LogP contribution in [-0.2, 0) is 23.5 Å². The maximum atomic E-state index is 9.77. The fraction of sp³-hybridized carbons (Fsp3) is 0.200. The molecule has 0 unspecified atom stereocenters. The van der Waals surface area contributed by atoms with E-state index in [1.807, 2.05) is 83.4 Å². The lowest BCUT2D eigenvalue weighted by Gasteiger charge is -2.36. The van der Waals surface area contributed by atoms with Crippen LogP contribution in [0.25, 0.3) is 11.2 Å². The first-order valence-corrected chi connectivity index (χ1v) is 12.6. The number of ether oxygens (including phenoxy) is 3. The molecule has 8 heteroatoms. The number of aliphatic hydroxyl groups is 1. The van der Waals surface area contributed by atoms with E-state index in [4.69, 9.17) is 30.8 Å². The monoisotopic (exact) mass is 529 g/mol. The quantitative estimate of drug-likeness (QED) is 0.237. The van der Waals surface area contributed by atoms with Crippen LogP contribution in [0.3, 0.4) is 0 Å². The Hall–Kier alpha value is -3.91. The number of hydrogen-bond donors (Lipinski definition) is 1. The molecule has 0 atom stereocenters. The van der Waals surface area contributed by atoms with Gasteiger partial charge in [-0.05, 0) is 47.0 Å². The Labute approximate surface area is 226 Å². The van der Waals surface area contributed by atoms with Crippen LogP contribution < -0.4 is 9.47 Å². The Morgan fingerprint density at radius 1 is 0.842 bits per heavy atom. The van der Waals surface area contributed by atoms with Crippen molar-refractivity contribution < 1.29 is 19.3 Å². The number of imidazole rings is 1. The second kappa shape index (κ2) is 11.2. The van der Waals surface area contributed by atoms with Gasteiger partial charge in [0.05, 0.1) is 25.8 Å². The average molecular weight is 530 g/mol. The summed E-state index contributed by atoms with van der Waals surface area (Å²) in [5.74, 6) is 2.13. The molecule has 2 heterocycles. The standard InChI is InChI=1S/C30H28ClN3O4/c1-36-25-12-8-22(9-13-25)30(21-6-4-3-5-7-21,23-10-14-26(37-2)15-11-23)38-20-28-33-27-18-24(31)19-32-29(27)34(28)16-17-35/h3-15,18-19,35H,16-17,20H2,1-2H3. The molecule has 0 saturated heterocycles. The molecular formula is C30H28ClN3O4.